The zero-order valence-electron chi connectivity index (χ0n) is 11.7. The summed E-state index contributed by atoms with van der Waals surface area (Å²) in [6.07, 6.45) is 3.40. The van der Waals surface area contributed by atoms with Crippen molar-refractivity contribution in [2.75, 3.05) is 0 Å². The second kappa shape index (κ2) is 6.13. The molecule has 0 saturated heterocycles. The first-order valence-electron chi connectivity index (χ1n) is 6.58. The standard InChI is InChI=1S/C13H14N4O3S/c1-3-4-10-14-11(20-17-10)7-21-13-16-15-12(19-13)9-5-6-18-8(9)2/h5-6H,3-4,7H2,1-2H3. The number of hydrogen-bond acceptors (Lipinski definition) is 8. The molecule has 0 spiro atoms. The molecule has 3 aromatic rings. The van der Waals surface area contributed by atoms with Crippen LogP contribution in [0, 0.1) is 6.92 Å². The molecule has 0 bridgehead atoms. The van der Waals surface area contributed by atoms with Gasteiger partial charge in [-0.05, 0) is 19.4 Å². The summed E-state index contributed by atoms with van der Waals surface area (Å²) in [6.45, 7) is 3.92. The van der Waals surface area contributed by atoms with Crippen LogP contribution < -0.4 is 0 Å². The lowest BCUT2D eigenvalue weighted by atomic mass is 10.3. The summed E-state index contributed by atoms with van der Waals surface area (Å²) in [6, 6.07) is 1.80. The van der Waals surface area contributed by atoms with E-state index in [1.54, 1.807) is 12.3 Å². The van der Waals surface area contributed by atoms with E-state index in [2.05, 4.69) is 27.3 Å². The van der Waals surface area contributed by atoms with E-state index in [0.29, 0.717) is 22.8 Å². The van der Waals surface area contributed by atoms with Gasteiger partial charge in [-0.3, -0.25) is 0 Å². The number of nitrogens with zero attached hydrogens (tertiary/aromatic N) is 4. The third-order valence-corrected chi connectivity index (χ3v) is 3.60. The molecule has 3 rings (SSSR count). The van der Waals surface area contributed by atoms with Gasteiger partial charge in [0.2, 0.25) is 5.89 Å². The molecule has 7 nitrogen and oxygen atoms in total. The molecule has 0 amide bonds. The van der Waals surface area contributed by atoms with Gasteiger partial charge in [0, 0.05) is 6.42 Å². The summed E-state index contributed by atoms with van der Waals surface area (Å²) in [5.41, 5.74) is 0.803. The second-order valence-corrected chi connectivity index (χ2v) is 5.33. The number of aromatic nitrogens is 4. The van der Waals surface area contributed by atoms with Crippen LogP contribution in [-0.4, -0.2) is 20.3 Å². The number of rotatable bonds is 6. The molecule has 3 aromatic heterocycles. The molecule has 0 aromatic carbocycles. The molecule has 8 heteroatoms. The van der Waals surface area contributed by atoms with Gasteiger partial charge < -0.3 is 13.4 Å². The third kappa shape index (κ3) is 3.15. The molecular formula is C13H14N4O3S. The molecule has 0 fully saturated rings. The van der Waals surface area contributed by atoms with Gasteiger partial charge in [0.05, 0.1) is 17.6 Å². The van der Waals surface area contributed by atoms with E-state index in [9.17, 15) is 0 Å². The Kier molecular flexibility index (Phi) is 4.05. The zero-order chi connectivity index (χ0) is 14.7. The van der Waals surface area contributed by atoms with Gasteiger partial charge in [0.1, 0.15) is 5.76 Å². The third-order valence-electron chi connectivity index (χ3n) is 2.80. The predicted molar refractivity (Wildman–Crippen MR) is 74.6 cm³/mol. The highest BCUT2D eigenvalue weighted by atomic mass is 32.2. The minimum atomic E-state index is 0.445. The first kappa shape index (κ1) is 13.9. The average molecular weight is 306 g/mol. The maximum Gasteiger partial charge on any atom is 0.277 e. The Bertz CT molecular complexity index is 718. The summed E-state index contributed by atoms with van der Waals surface area (Å²) in [7, 11) is 0. The summed E-state index contributed by atoms with van der Waals surface area (Å²) in [4.78, 5) is 4.28. The van der Waals surface area contributed by atoms with Crippen molar-refractivity contribution in [1.82, 2.24) is 20.3 Å². The van der Waals surface area contributed by atoms with E-state index in [4.69, 9.17) is 13.4 Å². The van der Waals surface area contributed by atoms with Crippen molar-refractivity contribution in [3.05, 3.63) is 29.8 Å². The van der Waals surface area contributed by atoms with Crippen LogP contribution >= 0.6 is 11.8 Å². The first-order valence-corrected chi connectivity index (χ1v) is 7.57. The number of furan rings is 1. The van der Waals surface area contributed by atoms with E-state index in [1.165, 1.54) is 11.8 Å². The first-order chi connectivity index (χ1) is 10.3. The van der Waals surface area contributed by atoms with Crippen LogP contribution in [0.4, 0.5) is 0 Å². The summed E-state index contributed by atoms with van der Waals surface area (Å²) >= 11 is 1.36. The van der Waals surface area contributed by atoms with E-state index in [0.717, 1.165) is 30.0 Å². The van der Waals surface area contributed by atoms with Crippen LogP contribution in [0.2, 0.25) is 0 Å². The smallest absolute Gasteiger partial charge is 0.277 e. The van der Waals surface area contributed by atoms with Crippen LogP contribution in [0.3, 0.4) is 0 Å². The number of aryl methyl sites for hydroxylation is 2. The van der Waals surface area contributed by atoms with Gasteiger partial charge in [0.15, 0.2) is 5.82 Å². The van der Waals surface area contributed by atoms with E-state index in [1.807, 2.05) is 6.92 Å². The molecule has 0 aliphatic heterocycles. The fourth-order valence-electron chi connectivity index (χ4n) is 1.78. The molecule has 21 heavy (non-hydrogen) atoms. The van der Waals surface area contributed by atoms with Gasteiger partial charge in [-0.1, -0.05) is 23.8 Å². The summed E-state index contributed by atoms with van der Waals surface area (Å²) in [5.74, 6) is 2.98. The topological polar surface area (TPSA) is 91.0 Å². The Morgan fingerprint density at radius 1 is 1.29 bits per heavy atom. The largest absolute Gasteiger partial charge is 0.469 e. The van der Waals surface area contributed by atoms with Crippen LogP contribution in [0.25, 0.3) is 11.5 Å². The predicted octanol–water partition coefficient (Wildman–Crippen LogP) is 3.27. The van der Waals surface area contributed by atoms with Gasteiger partial charge in [-0.25, -0.2) is 0 Å². The lowest BCUT2D eigenvalue weighted by Crippen LogP contribution is -1.86. The molecule has 0 unspecified atom stereocenters. The van der Waals surface area contributed by atoms with Crippen molar-refractivity contribution in [1.29, 1.82) is 0 Å². The zero-order valence-corrected chi connectivity index (χ0v) is 12.5. The Morgan fingerprint density at radius 3 is 2.95 bits per heavy atom. The molecule has 0 saturated carbocycles. The Morgan fingerprint density at radius 2 is 2.19 bits per heavy atom. The van der Waals surface area contributed by atoms with Crippen molar-refractivity contribution < 1.29 is 13.4 Å². The van der Waals surface area contributed by atoms with Crippen molar-refractivity contribution in [3.63, 3.8) is 0 Å². The van der Waals surface area contributed by atoms with E-state index >= 15 is 0 Å². The fourth-order valence-corrected chi connectivity index (χ4v) is 2.38. The van der Waals surface area contributed by atoms with Gasteiger partial charge in [0.25, 0.3) is 11.1 Å². The average Bonchev–Trinajstić information content (AvgIpc) is 3.17. The normalized spacial score (nSPS) is 11.1. The minimum absolute atomic E-state index is 0.445. The van der Waals surface area contributed by atoms with Crippen molar-refractivity contribution in [3.8, 4) is 11.5 Å². The van der Waals surface area contributed by atoms with Crippen LogP contribution in [0.1, 0.15) is 30.8 Å². The second-order valence-electron chi connectivity index (χ2n) is 4.41. The Labute approximate surface area is 125 Å². The maximum absolute atomic E-state index is 5.58. The van der Waals surface area contributed by atoms with Crippen molar-refractivity contribution in [2.24, 2.45) is 0 Å². The molecule has 110 valence electrons. The summed E-state index contributed by atoms with van der Waals surface area (Å²) < 4.78 is 15.9. The monoisotopic (exact) mass is 306 g/mol. The quantitative estimate of drug-likeness (QED) is 0.641. The van der Waals surface area contributed by atoms with Gasteiger partial charge in [-0.15, -0.1) is 10.2 Å². The van der Waals surface area contributed by atoms with E-state index < -0.39 is 0 Å². The fraction of sp³-hybridized carbons (Fsp3) is 0.385. The van der Waals surface area contributed by atoms with Gasteiger partial charge in [-0.2, -0.15) is 4.98 Å². The maximum atomic E-state index is 5.58. The molecule has 0 radical (unpaired) electrons. The number of hydrogen-bond donors (Lipinski definition) is 0. The molecule has 0 aliphatic carbocycles. The highest BCUT2D eigenvalue weighted by Crippen LogP contribution is 2.27. The van der Waals surface area contributed by atoms with Crippen molar-refractivity contribution >= 4 is 11.8 Å². The molecule has 0 aliphatic rings. The lowest BCUT2D eigenvalue weighted by molar-refractivity contribution is 0.384. The van der Waals surface area contributed by atoms with Crippen LogP contribution in [0.5, 0.6) is 0 Å². The summed E-state index contributed by atoms with van der Waals surface area (Å²) in [5, 5.41) is 12.3. The molecule has 0 N–H and O–H groups in total. The highest BCUT2D eigenvalue weighted by Gasteiger charge is 2.14. The Hall–Kier alpha value is -2.09. The Balaban J connectivity index is 1.63. The molecular weight excluding hydrogens is 292 g/mol. The van der Waals surface area contributed by atoms with Crippen molar-refractivity contribution in [2.45, 2.75) is 37.7 Å². The molecule has 0 atom stereocenters. The van der Waals surface area contributed by atoms with Crippen LogP contribution in [0.15, 0.2) is 30.9 Å². The SMILES string of the molecule is CCCc1noc(CSc2nnc(-c3ccoc3C)o2)n1. The van der Waals surface area contributed by atoms with Crippen LogP contribution in [-0.2, 0) is 12.2 Å². The number of thioether (sulfide) groups is 1. The van der Waals surface area contributed by atoms with Gasteiger partial charge >= 0.3 is 0 Å². The minimum Gasteiger partial charge on any atom is -0.469 e. The molecule has 3 heterocycles. The highest BCUT2D eigenvalue weighted by molar-refractivity contribution is 7.98. The van der Waals surface area contributed by atoms with E-state index in [-0.39, 0.29) is 0 Å². The lowest BCUT2D eigenvalue weighted by Gasteiger charge is -1.91.